The smallest absolute Gasteiger partial charge is 0.325 e. The third kappa shape index (κ3) is 4.24. The van der Waals surface area contributed by atoms with E-state index in [-0.39, 0.29) is 18.0 Å². The Kier molecular flexibility index (Phi) is 6.13. The number of hydrogen-bond donors (Lipinski definition) is 1. The summed E-state index contributed by atoms with van der Waals surface area (Å²) in [6, 6.07) is 12.8. The quantitative estimate of drug-likeness (QED) is 0.441. The number of amides is 1. The van der Waals surface area contributed by atoms with Crippen LogP contribution < -0.4 is 10.2 Å². The molecule has 1 aromatic carbocycles. The van der Waals surface area contributed by atoms with Gasteiger partial charge in [-0.25, -0.2) is 0 Å². The van der Waals surface area contributed by atoms with Gasteiger partial charge in [0.1, 0.15) is 23.2 Å². The molecule has 0 bridgehead atoms. The highest BCUT2D eigenvalue weighted by Gasteiger charge is 2.28. The minimum atomic E-state index is -0.753. The lowest BCUT2D eigenvalue weighted by Gasteiger charge is -2.14. The maximum Gasteiger partial charge on any atom is 0.325 e. The molecule has 0 unspecified atom stereocenters. The Morgan fingerprint density at radius 3 is 2.68 bits per heavy atom. The summed E-state index contributed by atoms with van der Waals surface area (Å²) in [5, 5.41) is 14.1. The van der Waals surface area contributed by atoms with Gasteiger partial charge < -0.3 is 15.0 Å². The third-order valence-electron chi connectivity index (χ3n) is 3.84. The van der Waals surface area contributed by atoms with E-state index in [0.717, 1.165) is 10.6 Å². The maximum atomic E-state index is 12.4. The lowest BCUT2D eigenvalue weighted by molar-refractivity contribution is -0.145. The van der Waals surface area contributed by atoms with Crippen molar-refractivity contribution in [3.63, 3.8) is 0 Å². The van der Waals surface area contributed by atoms with Crippen LogP contribution in [-0.2, 0) is 14.3 Å². The third-order valence-corrected chi connectivity index (χ3v) is 5.95. The number of fused-ring (bicyclic) bond motifs is 1. The first kappa shape index (κ1) is 19.7. The molecule has 1 aromatic heterocycles. The molecular weight excluding hydrogens is 398 g/mol. The lowest BCUT2D eigenvalue weighted by Crippen LogP contribution is -2.31. The number of esters is 1. The Labute approximate surface area is 169 Å². The van der Waals surface area contributed by atoms with Crippen molar-refractivity contribution >= 4 is 46.4 Å². The van der Waals surface area contributed by atoms with E-state index in [1.165, 1.54) is 23.1 Å². The number of nitrogens with zero attached hydrogens (tertiary/aromatic N) is 2. The van der Waals surface area contributed by atoms with E-state index in [1.807, 2.05) is 30.3 Å². The van der Waals surface area contributed by atoms with Gasteiger partial charge in [-0.15, -0.1) is 11.3 Å². The largest absolute Gasteiger partial charge is 0.456 e. The highest BCUT2D eigenvalue weighted by Crippen LogP contribution is 2.46. The molecule has 2 aromatic rings. The summed E-state index contributed by atoms with van der Waals surface area (Å²) < 4.78 is 4.91. The van der Waals surface area contributed by atoms with E-state index >= 15 is 0 Å². The van der Waals surface area contributed by atoms with E-state index in [4.69, 9.17) is 4.74 Å². The molecule has 0 saturated carbocycles. The minimum absolute atomic E-state index is 0.0703. The van der Waals surface area contributed by atoms with Gasteiger partial charge in [-0.3, -0.25) is 14.4 Å². The molecule has 1 aliphatic rings. The van der Waals surface area contributed by atoms with Crippen LogP contribution in [0.3, 0.4) is 0 Å². The van der Waals surface area contributed by atoms with Crippen LogP contribution in [0.2, 0.25) is 0 Å². The fraction of sp³-hybridized carbons (Fsp3) is 0.158. The summed E-state index contributed by atoms with van der Waals surface area (Å²) in [5.74, 6) is -1.74. The molecule has 0 fully saturated rings. The number of nitrogens with one attached hydrogen (secondary N) is 1. The first-order chi connectivity index (χ1) is 13.5. The number of benzene rings is 1. The number of thioether (sulfide) groups is 1. The number of nitriles is 1. The summed E-state index contributed by atoms with van der Waals surface area (Å²) in [7, 11) is 1.77. The topological polar surface area (TPSA) is 99.5 Å². The molecule has 28 heavy (non-hydrogen) atoms. The van der Waals surface area contributed by atoms with Crippen LogP contribution in [0.5, 0.6) is 0 Å². The number of rotatable bonds is 6. The number of carbonyl (C=O) groups is 3. The van der Waals surface area contributed by atoms with E-state index in [9.17, 15) is 19.6 Å². The lowest BCUT2D eigenvalue weighted by atomic mass is 10.2. The van der Waals surface area contributed by atoms with Crippen LogP contribution in [0.15, 0.2) is 57.3 Å². The molecule has 0 radical (unpaired) electrons. The van der Waals surface area contributed by atoms with Gasteiger partial charge >= 0.3 is 5.97 Å². The number of Topliss-reactive ketones (excluding diaryl/α,β-unsaturated/α-hetero) is 1. The first-order valence-electron chi connectivity index (χ1n) is 8.16. The predicted octanol–water partition coefficient (Wildman–Crippen LogP) is 2.57. The number of para-hydroxylation sites is 1. The Balaban J connectivity index is 1.57. The zero-order valence-electron chi connectivity index (χ0n) is 14.8. The fourth-order valence-electron chi connectivity index (χ4n) is 2.47. The number of hydrogen-bond acceptors (Lipinski definition) is 8. The van der Waals surface area contributed by atoms with Gasteiger partial charge in [0.15, 0.2) is 6.61 Å². The molecule has 1 amide bonds. The van der Waals surface area contributed by atoms with Crippen molar-refractivity contribution in [2.24, 2.45) is 0 Å². The zero-order chi connectivity index (χ0) is 20.1. The first-order valence-corrected chi connectivity index (χ1v) is 9.86. The zero-order valence-corrected chi connectivity index (χ0v) is 16.4. The second kappa shape index (κ2) is 8.73. The monoisotopic (exact) mass is 413 g/mol. The Morgan fingerprint density at radius 1 is 1.21 bits per heavy atom. The molecule has 0 atom stereocenters. The molecule has 1 N–H and O–H groups in total. The number of ether oxygens (including phenoxy) is 1. The predicted molar refractivity (Wildman–Crippen MR) is 106 cm³/mol. The fourth-order valence-corrected chi connectivity index (χ4v) is 4.27. The Morgan fingerprint density at radius 2 is 2.00 bits per heavy atom. The van der Waals surface area contributed by atoms with Gasteiger partial charge in [0.05, 0.1) is 10.6 Å². The average Bonchev–Trinajstić information content (AvgIpc) is 3.34. The molecule has 1 aliphatic heterocycles. The van der Waals surface area contributed by atoms with Crippen LogP contribution in [-0.4, -0.2) is 37.9 Å². The SMILES string of the molecule is CN1/C(=C(\C#N)C(=O)COC(=O)CNC(=O)c2cccs2)Sc2ccccc21. The number of carbonyl (C=O) groups excluding carboxylic acids is 3. The Bertz CT molecular complexity index is 993. The summed E-state index contributed by atoms with van der Waals surface area (Å²) in [5.41, 5.74) is 0.829. The molecule has 0 spiro atoms. The van der Waals surface area contributed by atoms with E-state index in [1.54, 1.807) is 29.5 Å². The van der Waals surface area contributed by atoms with E-state index < -0.39 is 18.4 Å². The van der Waals surface area contributed by atoms with Crippen LogP contribution >= 0.6 is 23.1 Å². The molecular formula is C19H15N3O4S2. The second-order valence-electron chi connectivity index (χ2n) is 5.66. The van der Waals surface area contributed by atoms with Crippen molar-refractivity contribution in [3.05, 3.63) is 57.3 Å². The van der Waals surface area contributed by atoms with Gasteiger partial charge in [-0.2, -0.15) is 5.26 Å². The van der Waals surface area contributed by atoms with Gasteiger partial charge in [0.2, 0.25) is 5.78 Å². The normalized spacial score (nSPS) is 14.1. The van der Waals surface area contributed by atoms with Crippen LogP contribution in [0.1, 0.15) is 9.67 Å². The molecule has 2 heterocycles. The minimum Gasteiger partial charge on any atom is -0.456 e. The van der Waals surface area contributed by atoms with Gasteiger partial charge in [-0.1, -0.05) is 30.0 Å². The van der Waals surface area contributed by atoms with Gasteiger partial charge in [0, 0.05) is 11.9 Å². The molecule has 9 heteroatoms. The van der Waals surface area contributed by atoms with Crippen molar-refractivity contribution in [2.45, 2.75) is 4.90 Å². The molecule has 7 nitrogen and oxygen atoms in total. The van der Waals surface area contributed by atoms with Crippen molar-refractivity contribution < 1.29 is 19.1 Å². The Hall–Kier alpha value is -3.09. The number of ketones is 1. The average molecular weight is 413 g/mol. The standard InChI is InChI=1S/C19H15N3O4S2/c1-22-13-5-2-3-6-15(13)28-19(22)12(9-20)14(23)11-26-17(24)10-21-18(25)16-7-4-8-27-16/h2-8H,10-11H2,1H3,(H,21,25)/b19-12-. The molecule has 0 aliphatic carbocycles. The van der Waals surface area contributed by atoms with Crippen molar-refractivity contribution in [2.75, 3.05) is 25.1 Å². The summed E-state index contributed by atoms with van der Waals surface area (Å²) >= 11 is 2.57. The van der Waals surface area contributed by atoms with E-state index in [0.29, 0.717) is 9.91 Å². The molecule has 3 rings (SSSR count). The second-order valence-corrected chi connectivity index (χ2v) is 7.64. The maximum absolute atomic E-state index is 12.4. The summed E-state index contributed by atoms with van der Waals surface area (Å²) in [4.78, 5) is 39.2. The van der Waals surface area contributed by atoms with Crippen molar-refractivity contribution in [3.8, 4) is 6.07 Å². The van der Waals surface area contributed by atoms with Crippen LogP contribution in [0, 0.1) is 11.3 Å². The summed E-state index contributed by atoms with van der Waals surface area (Å²) in [6.45, 7) is -0.923. The number of anilines is 1. The van der Waals surface area contributed by atoms with Crippen molar-refractivity contribution in [1.29, 1.82) is 5.26 Å². The van der Waals surface area contributed by atoms with Gasteiger partial charge in [0.25, 0.3) is 5.91 Å². The van der Waals surface area contributed by atoms with E-state index in [2.05, 4.69) is 5.32 Å². The van der Waals surface area contributed by atoms with Gasteiger partial charge in [-0.05, 0) is 23.6 Å². The molecule has 142 valence electrons. The molecule has 0 saturated heterocycles. The van der Waals surface area contributed by atoms with Crippen LogP contribution in [0.25, 0.3) is 0 Å². The highest BCUT2D eigenvalue weighted by atomic mass is 32.2. The van der Waals surface area contributed by atoms with Crippen LogP contribution in [0.4, 0.5) is 5.69 Å². The van der Waals surface area contributed by atoms with Crippen molar-refractivity contribution in [1.82, 2.24) is 5.32 Å². The number of thiophene rings is 1. The highest BCUT2D eigenvalue weighted by molar-refractivity contribution is 8.03. The summed E-state index contributed by atoms with van der Waals surface area (Å²) in [6.07, 6.45) is 0.